The predicted octanol–water partition coefficient (Wildman–Crippen LogP) is 2.08. The molecule has 0 amide bonds. The summed E-state index contributed by atoms with van der Waals surface area (Å²) < 4.78 is 41.0. The molecule has 0 aliphatic carbocycles. The molecule has 0 bridgehead atoms. The monoisotopic (exact) mass is 402 g/mol. The van der Waals surface area contributed by atoms with Crippen molar-refractivity contribution in [3.8, 4) is 0 Å². The van der Waals surface area contributed by atoms with Crippen LogP contribution in [0.2, 0.25) is 0 Å². The van der Waals surface area contributed by atoms with Crippen molar-refractivity contribution in [1.82, 2.24) is 10.2 Å². The molecule has 1 saturated heterocycles. The minimum absolute atomic E-state index is 0.211. The van der Waals surface area contributed by atoms with Gasteiger partial charge in [-0.1, -0.05) is 12.1 Å². The van der Waals surface area contributed by atoms with E-state index in [0.717, 1.165) is 44.8 Å². The number of amidine groups is 1. The Hall–Kier alpha value is -2.45. The normalized spacial score (nSPS) is 18.6. The van der Waals surface area contributed by atoms with Gasteiger partial charge in [-0.25, -0.2) is 4.39 Å². The van der Waals surface area contributed by atoms with Gasteiger partial charge in [-0.05, 0) is 49.4 Å². The first kappa shape index (κ1) is 18.9. The maximum atomic E-state index is 13.1. The highest BCUT2D eigenvalue weighted by Crippen LogP contribution is 2.24. The second-order valence-electron chi connectivity index (χ2n) is 7.00. The van der Waals surface area contributed by atoms with Crippen LogP contribution in [0.1, 0.15) is 12.0 Å². The topological polar surface area (TPSA) is 65.0 Å². The molecule has 2 aromatic rings. The number of fused-ring (bicyclic) bond motifs is 1. The average molecular weight is 402 g/mol. The summed E-state index contributed by atoms with van der Waals surface area (Å²) in [6.07, 6.45) is 0.901. The van der Waals surface area contributed by atoms with E-state index < -0.39 is 10.0 Å². The molecule has 2 heterocycles. The molecule has 0 atom stereocenters. The van der Waals surface area contributed by atoms with Crippen LogP contribution in [0.25, 0.3) is 0 Å². The van der Waals surface area contributed by atoms with Crippen molar-refractivity contribution in [2.75, 3.05) is 44.2 Å². The van der Waals surface area contributed by atoms with E-state index in [-0.39, 0.29) is 10.7 Å². The van der Waals surface area contributed by atoms with Gasteiger partial charge in [-0.3, -0.25) is 4.90 Å². The van der Waals surface area contributed by atoms with Crippen LogP contribution >= 0.6 is 0 Å². The smallest absolute Gasteiger partial charge is 0.285 e. The molecule has 6 nitrogen and oxygen atoms in total. The van der Waals surface area contributed by atoms with E-state index in [9.17, 15) is 12.8 Å². The van der Waals surface area contributed by atoms with Gasteiger partial charge >= 0.3 is 0 Å². The second-order valence-corrected chi connectivity index (χ2v) is 8.57. The number of hydrogen-bond donors (Lipinski definition) is 1. The third-order valence-corrected chi connectivity index (χ3v) is 6.47. The zero-order chi connectivity index (χ0) is 19.6. The third-order valence-electron chi connectivity index (χ3n) is 5.14. The minimum Gasteiger partial charge on any atom is -0.369 e. The molecular formula is C20H23FN4O2S. The van der Waals surface area contributed by atoms with Gasteiger partial charge in [0.2, 0.25) is 0 Å². The van der Waals surface area contributed by atoms with Crippen LogP contribution in [0.4, 0.5) is 10.1 Å². The van der Waals surface area contributed by atoms with Gasteiger partial charge in [0.15, 0.2) is 0 Å². The summed E-state index contributed by atoms with van der Waals surface area (Å²) in [4.78, 5) is 4.93. The van der Waals surface area contributed by atoms with Crippen molar-refractivity contribution in [2.24, 2.45) is 4.40 Å². The number of nitrogens with one attached hydrogen (secondary N) is 1. The number of hydrogen-bond acceptors (Lipinski definition) is 5. The molecule has 2 aromatic carbocycles. The summed E-state index contributed by atoms with van der Waals surface area (Å²) >= 11 is 0. The van der Waals surface area contributed by atoms with Gasteiger partial charge in [0.05, 0.1) is 0 Å². The van der Waals surface area contributed by atoms with Crippen LogP contribution in [0.15, 0.2) is 57.8 Å². The predicted molar refractivity (Wildman–Crippen MR) is 108 cm³/mol. The SMILES string of the molecule is O=S1(=O)N=C(NCCCN2CCN(c3ccc(F)cc3)CC2)c2ccccc21. The van der Waals surface area contributed by atoms with E-state index in [4.69, 9.17) is 0 Å². The standard InChI is InChI=1S/C20H23FN4O2S/c21-16-6-8-17(9-7-16)25-14-12-24(13-15-25)11-3-10-22-20-18-4-1-2-5-19(18)28(26,27)23-20/h1-2,4-9H,3,10-15H2,(H,22,23). The van der Waals surface area contributed by atoms with Crippen LogP contribution in [0, 0.1) is 5.82 Å². The lowest BCUT2D eigenvalue weighted by atomic mass is 10.2. The van der Waals surface area contributed by atoms with Gasteiger partial charge in [0, 0.05) is 44.0 Å². The van der Waals surface area contributed by atoms with Crippen molar-refractivity contribution < 1.29 is 12.8 Å². The van der Waals surface area contributed by atoms with E-state index in [0.29, 0.717) is 17.9 Å². The summed E-state index contributed by atoms with van der Waals surface area (Å²) in [5, 5.41) is 3.17. The Balaban J connectivity index is 1.22. The Kier molecular flexibility index (Phi) is 5.32. The van der Waals surface area contributed by atoms with Gasteiger partial charge in [-0.15, -0.1) is 4.40 Å². The highest BCUT2D eigenvalue weighted by molar-refractivity contribution is 7.90. The highest BCUT2D eigenvalue weighted by Gasteiger charge is 2.28. The van der Waals surface area contributed by atoms with Crippen molar-refractivity contribution in [3.05, 3.63) is 59.9 Å². The van der Waals surface area contributed by atoms with Crippen molar-refractivity contribution in [1.29, 1.82) is 0 Å². The van der Waals surface area contributed by atoms with Crippen molar-refractivity contribution >= 4 is 21.5 Å². The van der Waals surface area contributed by atoms with Crippen molar-refractivity contribution in [3.63, 3.8) is 0 Å². The lowest BCUT2D eigenvalue weighted by molar-refractivity contribution is 0.255. The molecule has 0 spiro atoms. The zero-order valence-corrected chi connectivity index (χ0v) is 16.3. The number of rotatable bonds is 5. The maximum Gasteiger partial charge on any atom is 0.285 e. The Morgan fingerprint density at radius 2 is 1.71 bits per heavy atom. The Labute approximate surface area is 164 Å². The van der Waals surface area contributed by atoms with E-state index in [1.54, 1.807) is 18.2 Å². The van der Waals surface area contributed by atoms with Crippen LogP contribution in [0.3, 0.4) is 0 Å². The number of sulfonamides is 1. The zero-order valence-electron chi connectivity index (χ0n) is 15.5. The number of benzene rings is 2. The lowest BCUT2D eigenvalue weighted by Crippen LogP contribution is -2.47. The number of piperazine rings is 1. The molecule has 4 rings (SSSR count). The molecule has 0 saturated carbocycles. The molecular weight excluding hydrogens is 379 g/mol. The summed E-state index contributed by atoms with van der Waals surface area (Å²) in [6.45, 7) is 5.34. The first-order valence-corrected chi connectivity index (χ1v) is 10.9. The van der Waals surface area contributed by atoms with Crippen LogP contribution < -0.4 is 10.2 Å². The fourth-order valence-electron chi connectivity index (χ4n) is 3.62. The van der Waals surface area contributed by atoms with Crippen LogP contribution in [-0.4, -0.2) is 58.4 Å². The first-order chi connectivity index (χ1) is 13.5. The van der Waals surface area contributed by atoms with E-state index in [1.165, 1.54) is 12.1 Å². The second kappa shape index (κ2) is 7.89. The largest absolute Gasteiger partial charge is 0.369 e. The van der Waals surface area contributed by atoms with Crippen molar-refractivity contribution in [2.45, 2.75) is 11.3 Å². The quantitative estimate of drug-likeness (QED) is 0.776. The van der Waals surface area contributed by atoms with E-state index >= 15 is 0 Å². The fourth-order valence-corrected chi connectivity index (χ4v) is 4.82. The molecule has 1 fully saturated rings. The molecule has 1 N–H and O–H groups in total. The summed E-state index contributed by atoms with van der Waals surface area (Å²) in [6, 6.07) is 13.5. The number of halogens is 1. The minimum atomic E-state index is -3.56. The van der Waals surface area contributed by atoms with Gasteiger partial charge < -0.3 is 10.2 Å². The van der Waals surface area contributed by atoms with E-state index in [1.807, 2.05) is 18.2 Å². The molecule has 2 aliphatic heterocycles. The molecule has 0 unspecified atom stereocenters. The maximum absolute atomic E-state index is 13.1. The Morgan fingerprint density at radius 1 is 1.00 bits per heavy atom. The third kappa shape index (κ3) is 4.02. The number of anilines is 1. The summed E-state index contributed by atoms with van der Waals surface area (Å²) in [7, 11) is -3.56. The molecule has 0 aromatic heterocycles. The van der Waals surface area contributed by atoms with Crippen LogP contribution in [0.5, 0.6) is 0 Å². The highest BCUT2D eigenvalue weighted by atomic mass is 32.2. The Morgan fingerprint density at radius 3 is 2.46 bits per heavy atom. The molecule has 28 heavy (non-hydrogen) atoms. The molecule has 148 valence electrons. The Bertz CT molecular complexity index is 968. The fraction of sp³-hybridized carbons (Fsp3) is 0.350. The van der Waals surface area contributed by atoms with E-state index in [2.05, 4.69) is 19.5 Å². The molecule has 0 radical (unpaired) electrons. The lowest BCUT2D eigenvalue weighted by Gasteiger charge is -2.36. The summed E-state index contributed by atoms with van der Waals surface area (Å²) in [5.41, 5.74) is 1.71. The number of nitrogens with zero attached hydrogens (tertiary/aromatic N) is 3. The summed E-state index contributed by atoms with van der Waals surface area (Å²) in [5.74, 6) is 0.230. The first-order valence-electron chi connectivity index (χ1n) is 9.44. The van der Waals surface area contributed by atoms with Gasteiger partial charge in [0.1, 0.15) is 16.5 Å². The molecule has 8 heteroatoms. The van der Waals surface area contributed by atoms with Crippen LogP contribution in [-0.2, 0) is 10.0 Å². The van der Waals surface area contributed by atoms with Gasteiger partial charge in [0.25, 0.3) is 10.0 Å². The average Bonchev–Trinajstić information content (AvgIpc) is 2.97. The van der Waals surface area contributed by atoms with Gasteiger partial charge in [-0.2, -0.15) is 8.42 Å². The molecule has 2 aliphatic rings.